The summed E-state index contributed by atoms with van der Waals surface area (Å²) in [5, 5.41) is 39.9. The number of rotatable bonds is 19. The summed E-state index contributed by atoms with van der Waals surface area (Å²) < 4.78 is 12.9. The summed E-state index contributed by atoms with van der Waals surface area (Å²) in [6, 6.07) is 16.4. The van der Waals surface area contributed by atoms with E-state index < -0.39 is 30.5 Å². The molecule has 0 bridgehead atoms. The molecule has 51 heavy (non-hydrogen) atoms. The highest BCUT2D eigenvalue weighted by Gasteiger charge is 2.48. The van der Waals surface area contributed by atoms with Crippen LogP contribution in [-0.2, 0) is 21.7 Å². The van der Waals surface area contributed by atoms with Crippen LogP contribution in [0, 0.1) is 0 Å². The summed E-state index contributed by atoms with van der Waals surface area (Å²) in [6.45, 7) is 0.262. The maximum Gasteiger partial charge on any atom is 0.225 e. The predicted octanol–water partition coefficient (Wildman–Crippen LogP) is 6.21. The van der Waals surface area contributed by atoms with Crippen molar-refractivity contribution in [2.24, 2.45) is 0 Å². The standard InChI is InChI=1S/C39H49ClN2O7S2/c40-33-10-9-29(51-18-4-3-17-42(27-12-19-50-20-13-27)37(46)22-34(44)38(47)35(45)24-43)21-26(33)25-48-39(14-15-39)32-23-41-16-11-30(32)31-5-1-2-6-36(31)49-28-7-8-28/h1-2,5-6,9-11,16,21,23,27-28,34-35,38,43-45,47H,3-4,7-8,12-15,17-20,22,24-25H2. The van der Waals surface area contributed by atoms with Gasteiger partial charge in [0.2, 0.25) is 5.91 Å². The number of thioether (sulfide) groups is 2. The third-order valence-electron chi connectivity index (χ3n) is 9.91. The van der Waals surface area contributed by atoms with Gasteiger partial charge in [-0.1, -0.05) is 29.8 Å². The molecule has 4 N–H and O–H groups in total. The minimum atomic E-state index is -1.58. The van der Waals surface area contributed by atoms with Crippen molar-refractivity contribution >= 4 is 41.0 Å². The Labute approximate surface area is 314 Å². The fraction of sp³-hybridized carbons (Fsp3) is 0.538. The molecule has 3 unspecified atom stereocenters. The Kier molecular flexibility index (Phi) is 13.6. The van der Waals surface area contributed by atoms with Crippen LogP contribution in [0.15, 0.2) is 65.8 Å². The van der Waals surface area contributed by atoms with Gasteiger partial charge in [-0.2, -0.15) is 11.8 Å². The van der Waals surface area contributed by atoms with E-state index in [0.717, 1.165) is 102 Å². The van der Waals surface area contributed by atoms with Gasteiger partial charge >= 0.3 is 0 Å². The van der Waals surface area contributed by atoms with Gasteiger partial charge in [0, 0.05) is 46.0 Å². The van der Waals surface area contributed by atoms with Crippen molar-refractivity contribution in [1.82, 2.24) is 9.88 Å². The van der Waals surface area contributed by atoms with Crippen LogP contribution in [0.3, 0.4) is 0 Å². The van der Waals surface area contributed by atoms with Gasteiger partial charge in [0.15, 0.2) is 0 Å². The Bertz CT molecular complexity index is 1600. The third-order valence-corrected chi connectivity index (χ3v) is 12.4. The number of aliphatic hydroxyl groups is 4. The number of hydrogen-bond donors (Lipinski definition) is 4. The summed E-state index contributed by atoms with van der Waals surface area (Å²) in [5.74, 6) is 3.49. The first-order chi connectivity index (χ1) is 24.8. The van der Waals surface area contributed by atoms with Crippen LogP contribution in [-0.4, -0.2) is 97.1 Å². The van der Waals surface area contributed by atoms with Crippen molar-refractivity contribution < 1.29 is 34.7 Å². The predicted molar refractivity (Wildman–Crippen MR) is 202 cm³/mol. The number of ether oxygens (including phenoxy) is 2. The average molecular weight is 757 g/mol. The van der Waals surface area contributed by atoms with E-state index in [9.17, 15) is 20.1 Å². The Morgan fingerprint density at radius 2 is 1.80 bits per heavy atom. The second-order valence-electron chi connectivity index (χ2n) is 13.8. The van der Waals surface area contributed by atoms with Gasteiger partial charge in [-0.25, -0.2) is 0 Å². The fourth-order valence-corrected chi connectivity index (χ4v) is 8.81. The largest absolute Gasteiger partial charge is 0.490 e. The van der Waals surface area contributed by atoms with Crippen molar-refractivity contribution in [3.8, 4) is 16.9 Å². The zero-order valence-electron chi connectivity index (χ0n) is 28.9. The fourth-order valence-electron chi connectivity index (χ4n) is 6.59. The number of para-hydroxylation sites is 1. The number of aromatic nitrogens is 1. The summed E-state index contributed by atoms with van der Waals surface area (Å²) in [6.07, 6.45) is 6.74. The van der Waals surface area contributed by atoms with Crippen molar-refractivity contribution in [1.29, 1.82) is 0 Å². The van der Waals surface area contributed by atoms with Crippen molar-refractivity contribution in [3.63, 3.8) is 0 Å². The molecule has 2 heterocycles. The highest BCUT2D eigenvalue weighted by Crippen LogP contribution is 2.53. The summed E-state index contributed by atoms with van der Waals surface area (Å²) >= 11 is 10.3. The normalized spacial score (nSPS) is 18.9. The lowest BCUT2D eigenvalue weighted by molar-refractivity contribution is -0.140. The Morgan fingerprint density at radius 1 is 1.02 bits per heavy atom. The van der Waals surface area contributed by atoms with E-state index in [4.69, 9.17) is 26.2 Å². The molecule has 3 aromatic rings. The SMILES string of the molecule is O=C(CC(O)C(O)C(O)CO)N(CCCCSc1ccc(Cl)c(COC2(c3cnccc3-c3ccccc3OC3CC3)CC2)c1)C1CCSCC1. The molecule has 1 aliphatic heterocycles. The van der Waals surface area contributed by atoms with E-state index >= 15 is 0 Å². The number of pyridine rings is 1. The average Bonchev–Trinajstić information content (AvgIpc) is 4.11. The van der Waals surface area contributed by atoms with E-state index in [-0.39, 0.29) is 18.4 Å². The van der Waals surface area contributed by atoms with Crippen LogP contribution in [0.25, 0.3) is 11.1 Å². The maximum atomic E-state index is 13.3. The van der Waals surface area contributed by atoms with Crippen molar-refractivity contribution in [2.45, 2.75) is 105 Å². The second-order valence-corrected chi connectivity index (χ2v) is 16.6. The highest BCUT2D eigenvalue weighted by atomic mass is 35.5. The molecule has 276 valence electrons. The summed E-state index contributed by atoms with van der Waals surface area (Å²) in [7, 11) is 0. The van der Waals surface area contributed by atoms with Crippen LogP contribution >= 0.6 is 35.1 Å². The number of carbonyl (C=O) groups excluding carboxylic acids is 1. The van der Waals surface area contributed by atoms with Gasteiger partial charge in [0.25, 0.3) is 0 Å². The van der Waals surface area contributed by atoms with Gasteiger partial charge in [-0.15, -0.1) is 11.8 Å². The Morgan fingerprint density at radius 3 is 2.55 bits per heavy atom. The van der Waals surface area contributed by atoms with E-state index in [0.29, 0.717) is 24.3 Å². The smallest absolute Gasteiger partial charge is 0.225 e. The first-order valence-electron chi connectivity index (χ1n) is 18.1. The Hall–Kier alpha value is -2.35. The van der Waals surface area contributed by atoms with Crippen LogP contribution < -0.4 is 4.74 Å². The molecule has 3 aliphatic rings. The lowest BCUT2D eigenvalue weighted by atomic mass is 9.96. The van der Waals surface area contributed by atoms with Crippen LogP contribution in [0.2, 0.25) is 5.02 Å². The molecule has 9 nitrogen and oxygen atoms in total. The third kappa shape index (κ3) is 10.2. The zero-order chi connectivity index (χ0) is 35.8. The number of benzene rings is 2. The molecule has 3 fully saturated rings. The Balaban J connectivity index is 1.03. The molecule has 2 saturated carbocycles. The first kappa shape index (κ1) is 38.4. The molecule has 3 atom stereocenters. The minimum absolute atomic E-state index is 0.0978. The highest BCUT2D eigenvalue weighted by molar-refractivity contribution is 7.99. The number of nitrogens with zero attached hydrogens (tertiary/aromatic N) is 2. The first-order valence-corrected chi connectivity index (χ1v) is 20.6. The molecule has 2 aliphatic carbocycles. The maximum absolute atomic E-state index is 13.3. The molecule has 2 aromatic carbocycles. The van der Waals surface area contributed by atoms with Gasteiger partial charge in [0.1, 0.15) is 18.0 Å². The summed E-state index contributed by atoms with van der Waals surface area (Å²) in [4.78, 5) is 20.7. The summed E-state index contributed by atoms with van der Waals surface area (Å²) in [5.41, 5.74) is 3.75. The minimum Gasteiger partial charge on any atom is -0.490 e. The lowest BCUT2D eigenvalue weighted by Gasteiger charge is -2.35. The van der Waals surface area contributed by atoms with Crippen LogP contribution in [0.5, 0.6) is 5.75 Å². The quantitative estimate of drug-likeness (QED) is 0.0827. The number of unbranched alkanes of at least 4 members (excludes halogenated alkanes) is 1. The number of amides is 1. The van der Waals surface area contributed by atoms with Gasteiger partial charge in [-0.3, -0.25) is 9.78 Å². The van der Waals surface area contributed by atoms with Crippen LogP contribution in [0.1, 0.15) is 68.9 Å². The van der Waals surface area contributed by atoms with Crippen LogP contribution in [0.4, 0.5) is 0 Å². The molecule has 1 amide bonds. The molecule has 1 aromatic heterocycles. The topological polar surface area (TPSA) is 133 Å². The van der Waals surface area contributed by atoms with E-state index in [2.05, 4.69) is 23.2 Å². The number of halogens is 1. The number of hydrogen-bond acceptors (Lipinski definition) is 10. The molecular weight excluding hydrogens is 708 g/mol. The van der Waals surface area contributed by atoms with E-state index in [1.807, 2.05) is 59.4 Å². The van der Waals surface area contributed by atoms with Crippen molar-refractivity contribution in [3.05, 3.63) is 77.1 Å². The van der Waals surface area contributed by atoms with Gasteiger partial charge in [0.05, 0.1) is 37.4 Å². The van der Waals surface area contributed by atoms with Gasteiger partial charge in [-0.05, 0) is 110 Å². The number of carbonyl (C=O) groups is 1. The van der Waals surface area contributed by atoms with E-state index in [1.54, 1.807) is 11.8 Å². The molecule has 6 rings (SSSR count). The zero-order valence-corrected chi connectivity index (χ0v) is 31.3. The lowest BCUT2D eigenvalue weighted by Crippen LogP contribution is -2.47. The molecule has 0 spiro atoms. The second kappa shape index (κ2) is 18.1. The molecular formula is C39H49ClN2O7S2. The van der Waals surface area contributed by atoms with E-state index in [1.165, 1.54) is 0 Å². The monoisotopic (exact) mass is 756 g/mol. The molecule has 12 heteroatoms. The molecule has 1 saturated heterocycles. The number of aliphatic hydroxyl groups excluding tert-OH is 4. The van der Waals surface area contributed by atoms with Crippen molar-refractivity contribution in [2.75, 3.05) is 30.4 Å². The molecule has 0 radical (unpaired) electrons. The van der Waals surface area contributed by atoms with Gasteiger partial charge < -0.3 is 34.8 Å².